The van der Waals surface area contributed by atoms with Crippen molar-refractivity contribution < 1.29 is 27.9 Å². The molecule has 0 bridgehead atoms. The SMILES string of the molecule is CC1(C)CCN(C(=O)c2ccc(NC3CN(C4CCN(C(=O)C(O)(c5cccc(Cl)c5)C(F)(F)F)CC4)C3)cc2Cl)CC1. The number of nitrogens with zero attached hydrogens (tertiary/aromatic N) is 3. The Morgan fingerprint density at radius 1 is 0.953 bits per heavy atom. The van der Waals surface area contributed by atoms with Gasteiger partial charge in [0.25, 0.3) is 17.4 Å². The van der Waals surface area contributed by atoms with Gasteiger partial charge < -0.3 is 20.2 Å². The highest BCUT2D eigenvalue weighted by Crippen LogP contribution is 2.42. The maximum atomic E-state index is 14.0. The van der Waals surface area contributed by atoms with E-state index in [4.69, 9.17) is 23.2 Å². The van der Waals surface area contributed by atoms with Crippen molar-refractivity contribution >= 4 is 40.7 Å². The molecule has 2 aromatic carbocycles. The van der Waals surface area contributed by atoms with Crippen LogP contribution in [0.4, 0.5) is 18.9 Å². The van der Waals surface area contributed by atoms with E-state index in [0.717, 1.165) is 61.7 Å². The van der Waals surface area contributed by atoms with Crippen molar-refractivity contribution in [3.05, 3.63) is 63.6 Å². The van der Waals surface area contributed by atoms with E-state index in [-0.39, 0.29) is 41.5 Å². The van der Waals surface area contributed by atoms with Crippen molar-refractivity contribution in [1.82, 2.24) is 14.7 Å². The lowest BCUT2D eigenvalue weighted by molar-refractivity contribution is -0.262. The number of piperidine rings is 2. The molecule has 2 aromatic rings. The number of hydrogen-bond acceptors (Lipinski definition) is 5. The summed E-state index contributed by atoms with van der Waals surface area (Å²) in [5.74, 6) is -1.43. The quantitative estimate of drug-likeness (QED) is 0.418. The number of nitrogens with one attached hydrogen (secondary N) is 1. The summed E-state index contributed by atoms with van der Waals surface area (Å²) in [6.45, 7) is 7.56. The number of hydrogen-bond donors (Lipinski definition) is 2. The fraction of sp³-hybridized carbons (Fsp3) is 0.548. The molecule has 7 nitrogen and oxygen atoms in total. The average Bonchev–Trinajstić information content (AvgIpc) is 2.93. The zero-order valence-electron chi connectivity index (χ0n) is 24.3. The highest BCUT2D eigenvalue weighted by molar-refractivity contribution is 6.34. The molecule has 3 aliphatic heterocycles. The average molecular weight is 642 g/mol. The molecule has 0 aromatic heterocycles. The minimum Gasteiger partial charge on any atom is -0.380 e. The molecule has 3 aliphatic rings. The van der Waals surface area contributed by atoms with Gasteiger partial charge in [0.2, 0.25) is 0 Å². The van der Waals surface area contributed by atoms with Crippen molar-refractivity contribution in [2.45, 2.75) is 63.4 Å². The van der Waals surface area contributed by atoms with E-state index < -0.39 is 23.2 Å². The maximum Gasteiger partial charge on any atom is 0.430 e. The highest BCUT2D eigenvalue weighted by Gasteiger charge is 2.62. The van der Waals surface area contributed by atoms with Crippen molar-refractivity contribution in [2.24, 2.45) is 5.41 Å². The van der Waals surface area contributed by atoms with E-state index in [1.807, 2.05) is 11.0 Å². The van der Waals surface area contributed by atoms with Crippen LogP contribution in [0.2, 0.25) is 10.0 Å². The summed E-state index contributed by atoms with van der Waals surface area (Å²) in [5, 5.41) is 14.6. The molecule has 1 atom stereocenters. The van der Waals surface area contributed by atoms with E-state index in [2.05, 4.69) is 24.1 Å². The van der Waals surface area contributed by atoms with Gasteiger partial charge in [-0.1, -0.05) is 49.2 Å². The normalized spacial score (nSPS) is 21.7. The summed E-state index contributed by atoms with van der Waals surface area (Å²) in [5.41, 5.74) is -2.70. The smallest absolute Gasteiger partial charge is 0.380 e. The summed E-state index contributed by atoms with van der Waals surface area (Å²) in [4.78, 5) is 31.3. The van der Waals surface area contributed by atoms with Crippen LogP contribution in [-0.2, 0) is 10.4 Å². The van der Waals surface area contributed by atoms with Gasteiger partial charge in [-0.2, -0.15) is 13.2 Å². The lowest BCUT2D eigenvalue weighted by atomic mass is 9.82. The number of carbonyl (C=O) groups is 2. The molecule has 1 unspecified atom stereocenters. The molecule has 43 heavy (non-hydrogen) atoms. The van der Waals surface area contributed by atoms with Crippen LogP contribution < -0.4 is 5.32 Å². The Labute approximate surface area is 259 Å². The van der Waals surface area contributed by atoms with Crippen LogP contribution in [0.25, 0.3) is 0 Å². The summed E-state index contributed by atoms with van der Waals surface area (Å²) in [7, 11) is 0. The minimum absolute atomic E-state index is 0.000909. The molecule has 3 saturated heterocycles. The zero-order chi connectivity index (χ0) is 31.2. The second-order valence-electron chi connectivity index (χ2n) is 12.7. The number of rotatable bonds is 6. The number of likely N-dealkylation sites (tertiary alicyclic amines) is 3. The first-order valence-electron chi connectivity index (χ1n) is 14.6. The van der Waals surface area contributed by atoms with Crippen LogP contribution in [0.5, 0.6) is 0 Å². The number of benzene rings is 2. The summed E-state index contributed by atoms with van der Waals surface area (Å²) in [6, 6.07) is 10.4. The molecule has 0 radical (unpaired) electrons. The van der Waals surface area contributed by atoms with Gasteiger partial charge in [-0.05, 0) is 61.4 Å². The van der Waals surface area contributed by atoms with Gasteiger partial charge in [0, 0.05) is 61.6 Å². The monoisotopic (exact) mass is 640 g/mol. The molecule has 234 valence electrons. The lowest BCUT2D eigenvalue weighted by Crippen LogP contribution is -2.62. The Morgan fingerprint density at radius 2 is 1.60 bits per heavy atom. The molecule has 0 spiro atoms. The van der Waals surface area contributed by atoms with Gasteiger partial charge in [0.05, 0.1) is 16.6 Å². The van der Waals surface area contributed by atoms with Crippen molar-refractivity contribution in [2.75, 3.05) is 44.6 Å². The topological polar surface area (TPSA) is 76.1 Å². The number of aliphatic hydroxyl groups is 1. The minimum atomic E-state index is -5.21. The van der Waals surface area contributed by atoms with Gasteiger partial charge in [0.1, 0.15) is 0 Å². The third kappa shape index (κ3) is 6.62. The fourth-order valence-corrected chi connectivity index (χ4v) is 6.64. The van der Waals surface area contributed by atoms with Crippen LogP contribution in [0.15, 0.2) is 42.5 Å². The second-order valence-corrected chi connectivity index (χ2v) is 13.5. The third-order valence-corrected chi connectivity index (χ3v) is 9.66. The standard InChI is InChI=1S/C31H37Cl2F3N4O3/c1-29(2)10-14-38(15-11-29)27(41)25-7-6-22(17-26(25)33)37-23-18-40(19-23)24-8-12-39(13-9-24)28(42)30(43,31(34,35)36)20-4-3-5-21(32)16-20/h3-7,16-17,23-24,37,43H,8-15,18-19H2,1-2H3. The van der Waals surface area contributed by atoms with E-state index >= 15 is 0 Å². The Kier molecular flexibility index (Phi) is 8.97. The Balaban J connectivity index is 1.12. The molecular weight excluding hydrogens is 604 g/mol. The Bertz CT molecular complexity index is 1350. The Hall–Kier alpha value is -2.53. The van der Waals surface area contributed by atoms with Crippen LogP contribution in [-0.4, -0.2) is 89.1 Å². The van der Waals surface area contributed by atoms with E-state index in [9.17, 15) is 27.9 Å². The summed E-state index contributed by atoms with van der Waals surface area (Å²) >= 11 is 12.4. The van der Waals surface area contributed by atoms with Crippen molar-refractivity contribution in [3.8, 4) is 0 Å². The second kappa shape index (κ2) is 12.1. The predicted molar refractivity (Wildman–Crippen MR) is 160 cm³/mol. The van der Waals surface area contributed by atoms with E-state index in [1.54, 1.807) is 12.1 Å². The molecule has 0 saturated carbocycles. The van der Waals surface area contributed by atoms with Crippen molar-refractivity contribution in [3.63, 3.8) is 0 Å². The third-order valence-electron chi connectivity index (χ3n) is 9.11. The molecule has 3 fully saturated rings. The van der Waals surface area contributed by atoms with Gasteiger partial charge in [-0.3, -0.25) is 14.5 Å². The molecule has 5 rings (SSSR count). The first kappa shape index (κ1) is 31.9. The van der Waals surface area contributed by atoms with Gasteiger partial charge in [0.15, 0.2) is 0 Å². The molecule has 0 aliphatic carbocycles. The maximum absolute atomic E-state index is 14.0. The Morgan fingerprint density at radius 3 is 2.19 bits per heavy atom. The molecule has 3 heterocycles. The lowest BCUT2D eigenvalue weighted by Gasteiger charge is -2.48. The first-order chi connectivity index (χ1) is 20.2. The van der Waals surface area contributed by atoms with Gasteiger partial charge in [-0.15, -0.1) is 0 Å². The number of anilines is 1. The van der Waals surface area contributed by atoms with Crippen LogP contribution in [0.3, 0.4) is 0 Å². The zero-order valence-corrected chi connectivity index (χ0v) is 25.8. The van der Waals surface area contributed by atoms with E-state index in [0.29, 0.717) is 23.4 Å². The first-order valence-corrected chi connectivity index (χ1v) is 15.4. The molecular formula is C31H37Cl2F3N4O3. The summed E-state index contributed by atoms with van der Waals surface area (Å²) < 4.78 is 42.1. The molecule has 2 N–H and O–H groups in total. The number of alkyl halides is 3. The number of halogens is 5. The molecule has 2 amide bonds. The molecule has 12 heteroatoms. The summed E-state index contributed by atoms with van der Waals surface area (Å²) in [6.07, 6.45) is -2.29. The largest absolute Gasteiger partial charge is 0.430 e. The van der Waals surface area contributed by atoms with Crippen LogP contribution in [0.1, 0.15) is 55.5 Å². The van der Waals surface area contributed by atoms with Gasteiger partial charge in [-0.25, -0.2) is 0 Å². The van der Waals surface area contributed by atoms with Crippen molar-refractivity contribution in [1.29, 1.82) is 0 Å². The van der Waals surface area contributed by atoms with E-state index in [1.165, 1.54) is 12.1 Å². The highest BCUT2D eigenvalue weighted by atomic mass is 35.5. The van der Waals surface area contributed by atoms with Crippen LogP contribution >= 0.6 is 23.2 Å². The van der Waals surface area contributed by atoms with Gasteiger partial charge >= 0.3 is 6.18 Å². The fourth-order valence-electron chi connectivity index (χ4n) is 6.19. The predicted octanol–water partition coefficient (Wildman–Crippen LogP) is 5.79. The van der Waals surface area contributed by atoms with Crippen LogP contribution in [0, 0.1) is 5.41 Å². The number of carbonyl (C=O) groups excluding carboxylic acids is 2. The number of amides is 2.